The average molecular weight is 181 g/mol. The predicted octanol–water partition coefficient (Wildman–Crippen LogP) is 0.812. The smallest absolute Gasteiger partial charge is 0.151 e. The highest BCUT2D eigenvalue weighted by Crippen LogP contribution is 2.46. The van der Waals surface area contributed by atoms with Gasteiger partial charge in [-0.15, -0.1) is 0 Å². The van der Waals surface area contributed by atoms with Gasteiger partial charge in [0.25, 0.3) is 0 Å². The van der Waals surface area contributed by atoms with E-state index in [1.165, 1.54) is 0 Å². The van der Waals surface area contributed by atoms with Crippen molar-refractivity contribution in [3.05, 3.63) is 0 Å². The molecule has 72 valence electrons. The van der Waals surface area contributed by atoms with Crippen molar-refractivity contribution in [2.24, 2.45) is 11.8 Å². The van der Waals surface area contributed by atoms with Crippen molar-refractivity contribution in [2.45, 2.75) is 43.8 Å². The minimum Gasteiger partial charge on any atom is -0.393 e. The molecule has 0 aromatic carbocycles. The van der Waals surface area contributed by atoms with Gasteiger partial charge in [-0.1, -0.05) is 0 Å². The molecule has 2 aliphatic carbocycles. The molecule has 0 aromatic heterocycles. The van der Waals surface area contributed by atoms with Gasteiger partial charge < -0.3 is 10.2 Å². The Morgan fingerprint density at radius 2 is 1.92 bits per heavy atom. The lowest BCUT2D eigenvalue weighted by atomic mass is 9.80. The van der Waals surface area contributed by atoms with Crippen LogP contribution in [0.3, 0.4) is 0 Å². The second-order valence-corrected chi connectivity index (χ2v) is 4.54. The Kier molecular flexibility index (Phi) is 2.05. The van der Waals surface area contributed by atoms with Crippen LogP contribution in [-0.4, -0.2) is 21.9 Å². The maximum absolute atomic E-state index is 9.77. The summed E-state index contributed by atoms with van der Waals surface area (Å²) >= 11 is 0. The van der Waals surface area contributed by atoms with Crippen LogP contribution in [0.5, 0.6) is 0 Å². The summed E-state index contributed by atoms with van der Waals surface area (Å²) < 4.78 is 0. The topological polar surface area (TPSA) is 64.2 Å². The van der Waals surface area contributed by atoms with Crippen LogP contribution in [-0.2, 0) is 0 Å². The molecule has 2 rings (SSSR count). The Labute approximate surface area is 78.0 Å². The summed E-state index contributed by atoms with van der Waals surface area (Å²) in [6.45, 7) is 0. The van der Waals surface area contributed by atoms with E-state index in [0.717, 1.165) is 19.3 Å². The fraction of sp³-hybridized carbons (Fsp3) is 0.900. The Morgan fingerprint density at radius 1 is 1.23 bits per heavy atom. The normalized spacial score (nSPS) is 49.8. The van der Waals surface area contributed by atoms with Gasteiger partial charge in [0.2, 0.25) is 0 Å². The van der Waals surface area contributed by atoms with Crippen molar-refractivity contribution < 1.29 is 10.2 Å². The molecule has 0 amide bonds. The van der Waals surface area contributed by atoms with E-state index in [2.05, 4.69) is 0 Å². The van der Waals surface area contributed by atoms with Gasteiger partial charge in [-0.2, -0.15) is 5.26 Å². The second kappa shape index (κ2) is 2.97. The number of rotatable bonds is 0. The number of hydrogen-bond acceptors (Lipinski definition) is 3. The summed E-state index contributed by atoms with van der Waals surface area (Å²) in [7, 11) is 0. The molecule has 4 atom stereocenters. The molecule has 0 aliphatic heterocycles. The number of nitriles is 1. The standard InChI is InChI=1S/C10H15NO2/c11-6-10(13)4-7-1-2-9(12)3-8(7)5-10/h7-9,12-13H,1-5H2/t7-,8-,9?,10+/m0/s1. The van der Waals surface area contributed by atoms with Gasteiger partial charge in [0, 0.05) is 0 Å². The van der Waals surface area contributed by atoms with Crippen LogP contribution in [0.1, 0.15) is 32.1 Å². The van der Waals surface area contributed by atoms with Crippen LogP contribution < -0.4 is 0 Å². The summed E-state index contributed by atoms with van der Waals surface area (Å²) in [6, 6.07) is 1.99. The van der Waals surface area contributed by atoms with Gasteiger partial charge in [-0.05, 0) is 43.9 Å². The maximum atomic E-state index is 9.77. The first-order valence-corrected chi connectivity index (χ1v) is 4.95. The number of aliphatic hydroxyl groups excluding tert-OH is 1. The predicted molar refractivity (Wildman–Crippen MR) is 46.6 cm³/mol. The molecule has 1 unspecified atom stereocenters. The molecule has 2 N–H and O–H groups in total. The van der Waals surface area contributed by atoms with Gasteiger partial charge in [0.05, 0.1) is 12.2 Å². The van der Waals surface area contributed by atoms with Crippen molar-refractivity contribution >= 4 is 0 Å². The third kappa shape index (κ3) is 1.56. The van der Waals surface area contributed by atoms with Crippen molar-refractivity contribution in [2.75, 3.05) is 0 Å². The zero-order valence-electron chi connectivity index (χ0n) is 7.61. The molecule has 2 aliphatic rings. The Balaban J connectivity index is 2.07. The van der Waals surface area contributed by atoms with E-state index in [9.17, 15) is 10.2 Å². The lowest BCUT2D eigenvalue weighted by Crippen LogP contribution is -2.23. The highest BCUT2D eigenvalue weighted by Gasteiger charge is 2.46. The molecule has 13 heavy (non-hydrogen) atoms. The Morgan fingerprint density at radius 3 is 2.62 bits per heavy atom. The van der Waals surface area contributed by atoms with Crippen molar-refractivity contribution in [3.63, 3.8) is 0 Å². The first-order valence-electron chi connectivity index (χ1n) is 4.95. The van der Waals surface area contributed by atoms with Crippen LogP contribution in [0.4, 0.5) is 0 Å². The molecule has 2 saturated carbocycles. The van der Waals surface area contributed by atoms with Crippen molar-refractivity contribution in [1.82, 2.24) is 0 Å². The van der Waals surface area contributed by atoms with E-state index in [4.69, 9.17) is 5.26 Å². The maximum Gasteiger partial charge on any atom is 0.151 e. The van der Waals surface area contributed by atoms with Gasteiger partial charge in [-0.3, -0.25) is 0 Å². The third-order valence-electron chi connectivity index (χ3n) is 3.52. The van der Waals surface area contributed by atoms with E-state index in [1.54, 1.807) is 0 Å². The molecular formula is C10H15NO2. The zero-order valence-corrected chi connectivity index (χ0v) is 7.61. The van der Waals surface area contributed by atoms with Crippen molar-refractivity contribution in [1.29, 1.82) is 5.26 Å². The van der Waals surface area contributed by atoms with Gasteiger partial charge in [-0.25, -0.2) is 0 Å². The second-order valence-electron chi connectivity index (χ2n) is 4.54. The molecule has 0 saturated heterocycles. The SMILES string of the molecule is N#C[C@@]1(O)C[C@@H]2CCC(O)C[C@H]2C1. The largest absolute Gasteiger partial charge is 0.393 e. The highest BCUT2D eigenvalue weighted by atomic mass is 16.3. The number of nitrogens with zero attached hydrogens (tertiary/aromatic N) is 1. The summed E-state index contributed by atoms with van der Waals surface area (Å²) in [5.41, 5.74) is -1.10. The minimum absolute atomic E-state index is 0.206. The van der Waals surface area contributed by atoms with Crippen LogP contribution in [0.15, 0.2) is 0 Å². The molecule has 0 bridgehead atoms. The van der Waals surface area contributed by atoms with Crippen LogP contribution >= 0.6 is 0 Å². The summed E-state index contributed by atoms with van der Waals surface area (Å²) in [5.74, 6) is 0.835. The van der Waals surface area contributed by atoms with E-state index in [-0.39, 0.29) is 6.10 Å². The van der Waals surface area contributed by atoms with Crippen LogP contribution in [0.25, 0.3) is 0 Å². The highest BCUT2D eigenvalue weighted by molar-refractivity contribution is 5.09. The third-order valence-corrected chi connectivity index (χ3v) is 3.52. The summed E-state index contributed by atoms with van der Waals surface area (Å²) in [4.78, 5) is 0. The lowest BCUT2D eigenvalue weighted by Gasteiger charge is -2.28. The van der Waals surface area contributed by atoms with Gasteiger partial charge >= 0.3 is 0 Å². The minimum atomic E-state index is -1.10. The molecule has 0 radical (unpaired) electrons. The fourth-order valence-corrected chi connectivity index (χ4v) is 2.86. The molecular weight excluding hydrogens is 166 g/mol. The molecule has 3 heteroatoms. The summed E-state index contributed by atoms with van der Waals surface area (Å²) in [5, 5.41) is 28.0. The van der Waals surface area contributed by atoms with Crippen LogP contribution in [0, 0.1) is 23.2 Å². The first-order chi connectivity index (χ1) is 6.13. The monoisotopic (exact) mass is 181 g/mol. The summed E-state index contributed by atoms with van der Waals surface area (Å²) in [6.07, 6.45) is 3.54. The fourth-order valence-electron chi connectivity index (χ4n) is 2.86. The van der Waals surface area contributed by atoms with Crippen LogP contribution in [0.2, 0.25) is 0 Å². The molecule has 0 spiro atoms. The number of fused-ring (bicyclic) bond motifs is 1. The quantitative estimate of drug-likeness (QED) is 0.543. The molecule has 3 nitrogen and oxygen atoms in total. The van der Waals surface area contributed by atoms with E-state index < -0.39 is 5.60 Å². The van der Waals surface area contributed by atoms with E-state index in [0.29, 0.717) is 24.7 Å². The molecule has 2 fully saturated rings. The Bertz CT molecular complexity index is 248. The average Bonchev–Trinajstić information content (AvgIpc) is 2.42. The number of hydrogen-bond donors (Lipinski definition) is 2. The molecule has 0 aromatic rings. The number of aliphatic hydroxyl groups is 2. The zero-order chi connectivity index (χ0) is 9.47. The Hall–Kier alpha value is -0.590. The van der Waals surface area contributed by atoms with Crippen molar-refractivity contribution in [3.8, 4) is 6.07 Å². The van der Waals surface area contributed by atoms with Gasteiger partial charge in [0.15, 0.2) is 5.60 Å². The van der Waals surface area contributed by atoms with E-state index in [1.807, 2.05) is 6.07 Å². The van der Waals surface area contributed by atoms with E-state index >= 15 is 0 Å². The van der Waals surface area contributed by atoms with Gasteiger partial charge in [0.1, 0.15) is 0 Å². The lowest BCUT2D eigenvalue weighted by molar-refractivity contribution is 0.0791. The molecule has 0 heterocycles. The first kappa shape index (κ1) is 8.98.